The van der Waals surface area contributed by atoms with Crippen molar-refractivity contribution in [3.05, 3.63) is 58.5 Å². The third-order valence-electron chi connectivity index (χ3n) is 5.74. The first-order valence-corrected chi connectivity index (χ1v) is 10.9. The second-order valence-corrected chi connectivity index (χ2v) is 8.57. The minimum atomic E-state index is -0.0668. The van der Waals surface area contributed by atoms with Crippen LogP contribution in [0.1, 0.15) is 37.9 Å². The Bertz CT molecular complexity index is 1140. The number of fused-ring (bicyclic) bond motifs is 2. The number of nitrogens with zero attached hydrogens (tertiary/aromatic N) is 1. The fraction of sp³-hybridized carbons (Fsp3) is 0.304. The van der Waals surface area contributed by atoms with Gasteiger partial charge in [0.15, 0.2) is 11.5 Å². The van der Waals surface area contributed by atoms with Gasteiger partial charge in [0.05, 0.1) is 4.88 Å². The average Bonchev–Trinajstić information content (AvgIpc) is 3.42. The van der Waals surface area contributed by atoms with Gasteiger partial charge >= 0.3 is 0 Å². The first kappa shape index (κ1) is 18.9. The summed E-state index contributed by atoms with van der Waals surface area (Å²) < 4.78 is 12.3. The molecule has 1 saturated heterocycles. The lowest BCUT2D eigenvalue weighted by molar-refractivity contribution is 0.0789. The smallest absolute Gasteiger partial charge is 0.261 e. The fourth-order valence-electron chi connectivity index (χ4n) is 4.29. The van der Waals surface area contributed by atoms with Crippen LogP contribution in [0.25, 0.3) is 10.1 Å². The van der Waals surface area contributed by atoms with Crippen LogP contribution in [0.4, 0.5) is 0 Å². The van der Waals surface area contributed by atoms with Crippen molar-refractivity contribution in [2.75, 3.05) is 33.4 Å². The third-order valence-corrected chi connectivity index (χ3v) is 6.93. The number of benzene rings is 2. The zero-order valence-corrected chi connectivity index (χ0v) is 17.5. The lowest BCUT2D eigenvalue weighted by atomic mass is 9.95. The van der Waals surface area contributed by atoms with Crippen LogP contribution in [-0.2, 0) is 0 Å². The molecule has 0 spiro atoms. The van der Waals surface area contributed by atoms with Gasteiger partial charge < -0.3 is 19.7 Å². The van der Waals surface area contributed by atoms with Gasteiger partial charge in [0, 0.05) is 36.3 Å². The third kappa shape index (κ3) is 3.19. The second kappa shape index (κ2) is 7.65. The summed E-state index contributed by atoms with van der Waals surface area (Å²) in [5, 5.41) is 3.87. The zero-order chi connectivity index (χ0) is 20.7. The van der Waals surface area contributed by atoms with E-state index in [1.165, 1.54) is 11.3 Å². The van der Waals surface area contributed by atoms with Crippen molar-refractivity contribution in [1.29, 1.82) is 0 Å². The van der Waals surface area contributed by atoms with Crippen molar-refractivity contribution in [2.24, 2.45) is 0 Å². The summed E-state index contributed by atoms with van der Waals surface area (Å²) in [5.74, 6) is 1.35. The minimum absolute atomic E-state index is 0.0181. The van der Waals surface area contributed by atoms with Crippen LogP contribution in [0.5, 0.6) is 11.5 Å². The highest BCUT2D eigenvalue weighted by Gasteiger charge is 2.33. The summed E-state index contributed by atoms with van der Waals surface area (Å²) in [6, 6.07) is 13.5. The number of thiophene rings is 1. The van der Waals surface area contributed by atoms with E-state index in [-0.39, 0.29) is 17.7 Å². The lowest BCUT2D eigenvalue weighted by Gasteiger charge is -2.21. The van der Waals surface area contributed by atoms with E-state index >= 15 is 0 Å². The normalized spacial score (nSPS) is 17.9. The predicted molar refractivity (Wildman–Crippen MR) is 116 cm³/mol. The SMILES string of the molecule is CNC(=O)c1sc2ccccc2c1[C@H]1CCN(C(=O)c2ccc3c(c2)OCCO3)C1. The fourth-order valence-corrected chi connectivity index (χ4v) is 5.53. The standard InChI is InChI=1S/C23H22N2O4S/c1-24-22(26)21-20(16-4-2-3-5-19(16)30-21)15-8-9-25(13-15)23(27)14-6-7-17-18(12-14)29-11-10-28-17/h2-7,12,15H,8-11,13H2,1H3,(H,24,26)/t15-/m0/s1. The van der Waals surface area contributed by atoms with Crippen LogP contribution in [0.2, 0.25) is 0 Å². The Labute approximate surface area is 178 Å². The molecule has 6 nitrogen and oxygen atoms in total. The number of ether oxygens (including phenoxy) is 2. The molecule has 30 heavy (non-hydrogen) atoms. The van der Waals surface area contributed by atoms with Crippen molar-refractivity contribution in [2.45, 2.75) is 12.3 Å². The molecule has 2 aliphatic heterocycles. The number of carbonyl (C=O) groups is 2. The molecule has 2 aliphatic rings. The van der Waals surface area contributed by atoms with Crippen LogP contribution in [0.3, 0.4) is 0 Å². The number of hydrogen-bond donors (Lipinski definition) is 1. The number of likely N-dealkylation sites (tertiary alicyclic amines) is 1. The molecule has 0 radical (unpaired) electrons. The lowest BCUT2D eigenvalue weighted by Crippen LogP contribution is -2.29. The number of hydrogen-bond acceptors (Lipinski definition) is 5. The Balaban J connectivity index is 1.42. The Morgan fingerprint density at radius 1 is 1.10 bits per heavy atom. The van der Waals surface area contributed by atoms with E-state index in [1.54, 1.807) is 25.2 Å². The quantitative estimate of drug-likeness (QED) is 0.700. The zero-order valence-electron chi connectivity index (χ0n) is 16.6. The topological polar surface area (TPSA) is 67.9 Å². The molecule has 0 aliphatic carbocycles. The van der Waals surface area contributed by atoms with Crippen molar-refractivity contribution in [3.63, 3.8) is 0 Å². The van der Waals surface area contributed by atoms with Crippen LogP contribution in [0.15, 0.2) is 42.5 Å². The molecule has 5 rings (SSSR count). The van der Waals surface area contributed by atoms with Gasteiger partial charge in [0.25, 0.3) is 11.8 Å². The Kier molecular flexibility index (Phi) is 4.83. The van der Waals surface area contributed by atoms with E-state index in [0.717, 1.165) is 26.9 Å². The highest BCUT2D eigenvalue weighted by molar-refractivity contribution is 7.21. The van der Waals surface area contributed by atoms with E-state index < -0.39 is 0 Å². The van der Waals surface area contributed by atoms with E-state index in [1.807, 2.05) is 23.1 Å². The van der Waals surface area contributed by atoms with Gasteiger partial charge in [0.2, 0.25) is 0 Å². The monoisotopic (exact) mass is 422 g/mol. The molecule has 0 bridgehead atoms. The van der Waals surface area contributed by atoms with Gasteiger partial charge in [-0.1, -0.05) is 18.2 Å². The molecule has 0 unspecified atom stereocenters. The number of carbonyl (C=O) groups excluding carboxylic acids is 2. The van der Waals surface area contributed by atoms with E-state index in [9.17, 15) is 9.59 Å². The van der Waals surface area contributed by atoms with Crippen LogP contribution < -0.4 is 14.8 Å². The molecule has 1 atom stereocenters. The maximum Gasteiger partial charge on any atom is 0.261 e. The van der Waals surface area contributed by atoms with Crippen molar-refractivity contribution in [1.82, 2.24) is 10.2 Å². The maximum absolute atomic E-state index is 13.1. The predicted octanol–water partition coefficient (Wildman–Crippen LogP) is 3.66. The molecule has 7 heteroatoms. The molecule has 2 amide bonds. The summed E-state index contributed by atoms with van der Waals surface area (Å²) in [5.41, 5.74) is 1.66. The Hall–Kier alpha value is -3.06. The van der Waals surface area contributed by atoms with Crippen molar-refractivity contribution >= 4 is 33.2 Å². The van der Waals surface area contributed by atoms with Crippen molar-refractivity contribution in [3.8, 4) is 11.5 Å². The first-order valence-electron chi connectivity index (χ1n) is 10.1. The second-order valence-electron chi connectivity index (χ2n) is 7.52. The molecule has 1 aromatic heterocycles. The van der Waals surface area contributed by atoms with Gasteiger partial charge in [-0.05, 0) is 41.6 Å². The molecule has 2 aromatic carbocycles. The van der Waals surface area contributed by atoms with Gasteiger partial charge in [-0.15, -0.1) is 11.3 Å². The average molecular weight is 423 g/mol. The van der Waals surface area contributed by atoms with Gasteiger partial charge in [-0.3, -0.25) is 9.59 Å². The summed E-state index contributed by atoms with van der Waals surface area (Å²) >= 11 is 1.52. The molecule has 154 valence electrons. The van der Waals surface area contributed by atoms with E-state index in [0.29, 0.717) is 43.4 Å². The van der Waals surface area contributed by atoms with Crippen LogP contribution >= 0.6 is 11.3 Å². The highest BCUT2D eigenvalue weighted by atomic mass is 32.1. The summed E-state index contributed by atoms with van der Waals surface area (Å²) in [6.07, 6.45) is 0.834. The number of amides is 2. The molecule has 3 aromatic rings. The molecule has 0 saturated carbocycles. The van der Waals surface area contributed by atoms with Gasteiger partial charge in [-0.2, -0.15) is 0 Å². The molecular formula is C23H22N2O4S. The Morgan fingerprint density at radius 2 is 1.90 bits per heavy atom. The molecule has 1 N–H and O–H groups in total. The first-order chi connectivity index (χ1) is 14.7. The highest BCUT2D eigenvalue weighted by Crippen LogP contribution is 2.40. The maximum atomic E-state index is 13.1. The summed E-state index contributed by atoms with van der Waals surface area (Å²) in [6.45, 7) is 2.27. The van der Waals surface area contributed by atoms with Gasteiger partial charge in [0.1, 0.15) is 13.2 Å². The van der Waals surface area contributed by atoms with E-state index in [4.69, 9.17) is 9.47 Å². The molecule has 1 fully saturated rings. The van der Waals surface area contributed by atoms with Crippen LogP contribution in [0, 0.1) is 0 Å². The molecular weight excluding hydrogens is 400 g/mol. The number of rotatable bonds is 3. The van der Waals surface area contributed by atoms with Crippen molar-refractivity contribution < 1.29 is 19.1 Å². The van der Waals surface area contributed by atoms with Crippen LogP contribution in [-0.4, -0.2) is 50.1 Å². The van der Waals surface area contributed by atoms with Gasteiger partial charge in [-0.25, -0.2) is 0 Å². The Morgan fingerprint density at radius 3 is 2.73 bits per heavy atom. The summed E-state index contributed by atoms with van der Waals surface area (Å²) in [4.78, 5) is 28.3. The molecule has 3 heterocycles. The number of nitrogens with one attached hydrogen (secondary N) is 1. The van der Waals surface area contributed by atoms with E-state index in [2.05, 4.69) is 11.4 Å². The minimum Gasteiger partial charge on any atom is -0.486 e. The largest absolute Gasteiger partial charge is 0.486 e. The summed E-state index contributed by atoms with van der Waals surface area (Å²) in [7, 11) is 1.66.